The first-order valence-electron chi connectivity index (χ1n) is 4.23. The molecule has 0 bridgehead atoms. The van der Waals surface area contributed by atoms with Crippen LogP contribution in [0.25, 0.3) is 0 Å². The van der Waals surface area contributed by atoms with E-state index < -0.39 is 0 Å². The number of hydrogen-bond acceptors (Lipinski definition) is 3. The van der Waals surface area contributed by atoms with Gasteiger partial charge in [-0.25, -0.2) is 0 Å². The van der Waals surface area contributed by atoms with E-state index in [9.17, 15) is 9.59 Å². The maximum absolute atomic E-state index is 11.6. The maximum atomic E-state index is 11.6. The molecule has 0 aliphatic carbocycles. The van der Waals surface area contributed by atoms with Crippen LogP contribution >= 0.6 is 15.9 Å². The third-order valence-electron chi connectivity index (χ3n) is 2.08. The lowest BCUT2D eigenvalue weighted by Crippen LogP contribution is -2.08. The maximum Gasteiger partial charge on any atom is 0.175 e. The van der Waals surface area contributed by atoms with Crippen LogP contribution in [0, 0.1) is 18.3 Å². The van der Waals surface area contributed by atoms with E-state index in [1.54, 1.807) is 19.1 Å². The number of carbonyl (C=O) groups excluding carboxylic acids is 2. The molecule has 0 aliphatic heterocycles. The van der Waals surface area contributed by atoms with Gasteiger partial charge in [0.2, 0.25) is 0 Å². The number of alkyl halides is 1. The Bertz CT molecular complexity index is 460. The fourth-order valence-electron chi connectivity index (χ4n) is 1.33. The lowest BCUT2D eigenvalue weighted by molar-refractivity contribution is 0.101. The minimum atomic E-state index is -0.252. The van der Waals surface area contributed by atoms with E-state index in [0.717, 1.165) is 0 Å². The Balaban J connectivity index is 3.56. The Hall–Kier alpha value is -1.47. The van der Waals surface area contributed by atoms with Gasteiger partial charge in [-0.05, 0) is 12.5 Å². The summed E-state index contributed by atoms with van der Waals surface area (Å²) in [6, 6.07) is 5.17. The van der Waals surface area contributed by atoms with E-state index in [2.05, 4.69) is 15.9 Å². The first-order valence-corrected chi connectivity index (χ1v) is 5.36. The van der Waals surface area contributed by atoms with Gasteiger partial charge >= 0.3 is 0 Å². The van der Waals surface area contributed by atoms with E-state index >= 15 is 0 Å². The van der Waals surface area contributed by atoms with Crippen molar-refractivity contribution in [2.24, 2.45) is 0 Å². The van der Waals surface area contributed by atoms with Gasteiger partial charge in [0.25, 0.3) is 0 Å². The number of ketones is 1. The Morgan fingerprint density at radius 3 is 2.73 bits per heavy atom. The van der Waals surface area contributed by atoms with Crippen molar-refractivity contribution >= 4 is 28.0 Å². The molecule has 0 unspecified atom stereocenters. The summed E-state index contributed by atoms with van der Waals surface area (Å²) in [5, 5.41) is 9.03. The number of hydrogen-bond donors (Lipinski definition) is 0. The van der Waals surface area contributed by atoms with Crippen molar-refractivity contribution in [3.8, 4) is 6.07 Å². The minimum Gasteiger partial charge on any atom is -0.298 e. The number of Topliss-reactive ketones (excluding diaryl/α,β-unsaturated/α-hetero) is 1. The molecule has 0 heterocycles. The molecular formula is C11H8BrNO2. The molecule has 0 aliphatic rings. The third-order valence-corrected chi connectivity index (χ3v) is 2.59. The van der Waals surface area contributed by atoms with E-state index in [1.807, 2.05) is 6.07 Å². The first kappa shape index (κ1) is 11.6. The molecule has 0 saturated heterocycles. The van der Waals surface area contributed by atoms with Crippen LogP contribution in [-0.2, 0) is 0 Å². The predicted octanol–water partition coefficient (Wildman–Crippen LogP) is 2.26. The molecular weight excluding hydrogens is 258 g/mol. The summed E-state index contributed by atoms with van der Waals surface area (Å²) in [5.41, 5.74) is 1.46. The number of nitrogens with zero attached hydrogens (tertiary/aromatic N) is 1. The van der Waals surface area contributed by atoms with Gasteiger partial charge < -0.3 is 0 Å². The lowest BCUT2D eigenvalue weighted by atomic mass is 9.95. The molecule has 0 radical (unpaired) electrons. The smallest absolute Gasteiger partial charge is 0.175 e. The highest BCUT2D eigenvalue weighted by atomic mass is 79.9. The number of halogens is 1. The number of aryl methyl sites for hydroxylation is 1. The van der Waals surface area contributed by atoms with Crippen LogP contribution in [-0.4, -0.2) is 17.4 Å². The summed E-state index contributed by atoms with van der Waals surface area (Å²) >= 11 is 3.03. The average Bonchev–Trinajstić information content (AvgIpc) is 2.27. The highest BCUT2D eigenvalue weighted by molar-refractivity contribution is 9.09. The average molecular weight is 266 g/mol. The van der Waals surface area contributed by atoms with Crippen molar-refractivity contribution in [2.45, 2.75) is 6.92 Å². The molecule has 1 rings (SSSR count). The van der Waals surface area contributed by atoms with Gasteiger partial charge in [0, 0.05) is 11.1 Å². The third kappa shape index (κ3) is 2.13. The Kier molecular flexibility index (Phi) is 3.75. The molecule has 0 atom stereocenters. The minimum absolute atomic E-state index is 0.103. The second-order valence-corrected chi connectivity index (χ2v) is 3.57. The summed E-state index contributed by atoms with van der Waals surface area (Å²) in [6.07, 6.45) is 0.593. The van der Waals surface area contributed by atoms with E-state index in [4.69, 9.17) is 5.26 Å². The molecule has 0 amide bonds. The summed E-state index contributed by atoms with van der Waals surface area (Å²) in [5.74, 6) is -0.252. The SMILES string of the molecule is Cc1ccc(C=O)c(C(=O)CBr)c1C#N. The van der Waals surface area contributed by atoms with Crippen LogP contribution in [0.5, 0.6) is 0 Å². The highest BCUT2D eigenvalue weighted by Crippen LogP contribution is 2.18. The van der Waals surface area contributed by atoms with E-state index in [1.165, 1.54) is 0 Å². The molecule has 3 nitrogen and oxygen atoms in total. The quantitative estimate of drug-likeness (QED) is 0.479. The van der Waals surface area contributed by atoms with Crippen LogP contribution in [0.4, 0.5) is 0 Å². The monoisotopic (exact) mass is 265 g/mol. The van der Waals surface area contributed by atoms with Crippen LogP contribution in [0.1, 0.15) is 31.8 Å². The van der Waals surface area contributed by atoms with E-state index in [0.29, 0.717) is 11.8 Å². The van der Waals surface area contributed by atoms with Crippen molar-refractivity contribution in [2.75, 3.05) is 5.33 Å². The fourth-order valence-corrected chi connectivity index (χ4v) is 1.61. The molecule has 1 aromatic carbocycles. The second-order valence-electron chi connectivity index (χ2n) is 3.01. The number of benzene rings is 1. The molecule has 1 aromatic rings. The van der Waals surface area contributed by atoms with Crippen LogP contribution in [0.15, 0.2) is 12.1 Å². The van der Waals surface area contributed by atoms with Gasteiger partial charge in [-0.15, -0.1) is 0 Å². The van der Waals surface area contributed by atoms with Gasteiger partial charge in [-0.1, -0.05) is 28.1 Å². The van der Waals surface area contributed by atoms with Crippen molar-refractivity contribution < 1.29 is 9.59 Å². The zero-order valence-corrected chi connectivity index (χ0v) is 9.67. The zero-order valence-electron chi connectivity index (χ0n) is 8.08. The second kappa shape index (κ2) is 4.85. The molecule has 0 spiro atoms. The van der Waals surface area contributed by atoms with Gasteiger partial charge in [0.1, 0.15) is 6.07 Å². The van der Waals surface area contributed by atoms with Gasteiger partial charge in [0.05, 0.1) is 10.9 Å². The molecule has 0 N–H and O–H groups in total. The molecule has 76 valence electrons. The topological polar surface area (TPSA) is 57.9 Å². The van der Waals surface area contributed by atoms with Crippen molar-refractivity contribution in [3.63, 3.8) is 0 Å². The Labute approximate surface area is 95.8 Å². The van der Waals surface area contributed by atoms with Crippen LogP contribution in [0.2, 0.25) is 0 Å². The summed E-state index contributed by atoms with van der Waals surface area (Å²) in [7, 11) is 0. The zero-order chi connectivity index (χ0) is 11.4. The van der Waals surface area contributed by atoms with E-state index in [-0.39, 0.29) is 27.8 Å². The summed E-state index contributed by atoms with van der Waals surface area (Å²) < 4.78 is 0. The van der Waals surface area contributed by atoms with Gasteiger partial charge in [-0.2, -0.15) is 5.26 Å². The molecule has 0 fully saturated rings. The fraction of sp³-hybridized carbons (Fsp3) is 0.182. The number of nitriles is 1. The lowest BCUT2D eigenvalue weighted by Gasteiger charge is -2.06. The van der Waals surface area contributed by atoms with Gasteiger partial charge in [0.15, 0.2) is 12.1 Å². The van der Waals surface area contributed by atoms with Crippen LogP contribution < -0.4 is 0 Å². The standard InChI is InChI=1S/C11H8BrNO2/c1-7-2-3-8(6-14)11(9(7)5-13)10(15)4-12/h2-3,6H,4H2,1H3. The Morgan fingerprint density at radius 2 is 2.27 bits per heavy atom. The first-order chi connectivity index (χ1) is 7.15. The van der Waals surface area contributed by atoms with Crippen molar-refractivity contribution in [3.05, 3.63) is 34.4 Å². The summed E-state index contributed by atoms with van der Waals surface area (Å²) in [6.45, 7) is 1.73. The molecule has 15 heavy (non-hydrogen) atoms. The number of aldehydes is 1. The Morgan fingerprint density at radius 1 is 1.60 bits per heavy atom. The number of rotatable bonds is 3. The van der Waals surface area contributed by atoms with Crippen molar-refractivity contribution in [1.29, 1.82) is 5.26 Å². The molecule has 0 saturated carbocycles. The largest absolute Gasteiger partial charge is 0.298 e. The molecule has 4 heteroatoms. The van der Waals surface area contributed by atoms with Crippen molar-refractivity contribution in [1.82, 2.24) is 0 Å². The van der Waals surface area contributed by atoms with Gasteiger partial charge in [-0.3, -0.25) is 9.59 Å². The predicted molar refractivity (Wildman–Crippen MR) is 59.4 cm³/mol. The van der Waals surface area contributed by atoms with Crippen LogP contribution in [0.3, 0.4) is 0 Å². The molecule has 0 aromatic heterocycles. The number of carbonyl (C=O) groups is 2. The highest BCUT2D eigenvalue weighted by Gasteiger charge is 2.16. The normalized spacial score (nSPS) is 9.40. The summed E-state index contributed by atoms with van der Waals surface area (Å²) in [4.78, 5) is 22.3.